The van der Waals surface area contributed by atoms with Crippen LogP contribution in [-0.2, 0) is 11.3 Å². The third-order valence-electron chi connectivity index (χ3n) is 7.94. The predicted octanol–water partition coefficient (Wildman–Crippen LogP) is 4.26. The van der Waals surface area contributed by atoms with Crippen molar-refractivity contribution in [3.63, 3.8) is 0 Å². The van der Waals surface area contributed by atoms with Crippen molar-refractivity contribution in [2.75, 3.05) is 44.2 Å². The number of carboxylic acid groups (broad SMARTS) is 1. The zero-order valence-electron chi connectivity index (χ0n) is 25.0. The lowest BCUT2D eigenvalue weighted by Crippen LogP contribution is -2.55. The molecule has 5 rings (SSSR count). The molecule has 2 aliphatic rings. The van der Waals surface area contributed by atoms with E-state index < -0.39 is 12.2 Å². The van der Waals surface area contributed by atoms with Crippen molar-refractivity contribution in [3.05, 3.63) is 72.1 Å². The Hall–Kier alpha value is -4.87. The Morgan fingerprint density at radius 1 is 0.977 bits per heavy atom. The Kier molecular flexibility index (Phi) is 9.78. The van der Waals surface area contributed by atoms with Crippen LogP contribution in [0.3, 0.4) is 0 Å². The van der Waals surface area contributed by atoms with Crippen molar-refractivity contribution < 1.29 is 29.0 Å². The molecule has 0 unspecified atom stereocenters. The van der Waals surface area contributed by atoms with Gasteiger partial charge in [0.15, 0.2) is 5.69 Å². The first kappa shape index (κ1) is 30.6. The van der Waals surface area contributed by atoms with E-state index in [4.69, 9.17) is 14.5 Å². The van der Waals surface area contributed by atoms with Crippen LogP contribution in [0.4, 0.5) is 15.3 Å². The number of pyridine rings is 2. The SMILES string of the molecule is CCOc1ncccc1-c1ccc(N2CCN(C(=O)O)C[C@@H]2CC)c(C(=O)N[C@@H]2CCN(C(=O)OCc3ccccc3)C2)n1. The van der Waals surface area contributed by atoms with Crippen LogP contribution < -0.4 is 15.0 Å². The van der Waals surface area contributed by atoms with Crippen LogP contribution in [0.2, 0.25) is 0 Å². The summed E-state index contributed by atoms with van der Waals surface area (Å²) in [5.74, 6) is 0.0484. The molecule has 0 radical (unpaired) electrons. The molecule has 3 aromatic rings. The van der Waals surface area contributed by atoms with Crippen LogP contribution in [0.15, 0.2) is 60.8 Å². The Bertz CT molecular complexity index is 1470. The van der Waals surface area contributed by atoms with Crippen molar-refractivity contribution in [3.8, 4) is 17.1 Å². The van der Waals surface area contributed by atoms with E-state index in [1.165, 1.54) is 4.90 Å². The molecule has 0 spiro atoms. The van der Waals surface area contributed by atoms with E-state index in [2.05, 4.69) is 15.2 Å². The highest BCUT2D eigenvalue weighted by Crippen LogP contribution is 2.32. The molecule has 2 N–H and O–H groups in total. The van der Waals surface area contributed by atoms with Crippen LogP contribution in [0, 0.1) is 0 Å². The van der Waals surface area contributed by atoms with Gasteiger partial charge >= 0.3 is 12.2 Å². The van der Waals surface area contributed by atoms with Gasteiger partial charge in [0.05, 0.1) is 23.6 Å². The van der Waals surface area contributed by atoms with Crippen LogP contribution in [0.1, 0.15) is 42.7 Å². The molecular weight excluding hydrogens is 564 g/mol. The van der Waals surface area contributed by atoms with Crippen LogP contribution >= 0.6 is 0 Å². The third-order valence-corrected chi connectivity index (χ3v) is 7.94. The van der Waals surface area contributed by atoms with Gasteiger partial charge in [0.1, 0.15) is 6.61 Å². The van der Waals surface area contributed by atoms with E-state index in [0.717, 1.165) is 5.56 Å². The van der Waals surface area contributed by atoms with Gasteiger partial charge in [0.2, 0.25) is 5.88 Å². The number of nitrogens with one attached hydrogen (secondary N) is 1. The van der Waals surface area contributed by atoms with Crippen LogP contribution in [-0.4, -0.2) is 94.4 Å². The number of aromatic nitrogens is 2. The molecule has 44 heavy (non-hydrogen) atoms. The molecule has 2 aromatic heterocycles. The van der Waals surface area contributed by atoms with E-state index in [9.17, 15) is 19.5 Å². The minimum atomic E-state index is -0.956. The van der Waals surface area contributed by atoms with E-state index in [1.807, 2.05) is 62.4 Å². The lowest BCUT2D eigenvalue weighted by atomic mass is 10.1. The van der Waals surface area contributed by atoms with Crippen LogP contribution in [0.5, 0.6) is 5.88 Å². The number of piperazine rings is 1. The maximum Gasteiger partial charge on any atom is 0.410 e. The van der Waals surface area contributed by atoms with Gasteiger partial charge < -0.3 is 34.6 Å². The van der Waals surface area contributed by atoms with E-state index in [1.54, 1.807) is 17.2 Å². The van der Waals surface area contributed by atoms with Crippen molar-refractivity contribution in [2.45, 2.75) is 45.4 Å². The summed E-state index contributed by atoms with van der Waals surface area (Å²) in [6.07, 6.45) is 1.52. The Morgan fingerprint density at radius 3 is 2.55 bits per heavy atom. The summed E-state index contributed by atoms with van der Waals surface area (Å²) >= 11 is 0. The second-order valence-corrected chi connectivity index (χ2v) is 10.8. The number of hydrogen-bond acceptors (Lipinski definition) is 8. The lowest BCUT2D eigenvalue weighted by Gasteiger charge is -2.42. The number of carbonyl (C=O) groups is 3. The highest BCUT2D eigenvalue weighted by molar-refractivity contribution is 5.99. The molecule has 2 fully saturated rings. The average Bonchev–Trinajstić information content (AvgIpc) is 3.52. The summed E-state index contributed by atoms with van der Waals surface area (Å²) in [4.78, 5) is 52.6. The molecule has 232 valence electrons. The fraction of sp³-hybridized carbons (Fsp3) is 0.406. The molecule has 2 saturated heterocycles. The minimum Gasteiger partial charge on any atom is -0.477 e. The second-order valence-electron chi connectivity index (χ2n) is 10.8. The number of hydrogen-bond donors (Lipinski definition) is 2. The summed E-state index contributed by atoms with van der Waals surface area (Å²) in [6.45, 7) is 6.32. The van der Waals surface area contributed by atoms with Gasteiger partial charge in [-0.15, -0.1) is 0 Å². The van der Waals surface area contributed by atoms with Crippen molar-refractivity contribution in [1.82, 2.24) is 25.1 Å². The number of benzene rings is 1. The zero-order valence-corrected chi connectivity index (χ0v) is 25.0. The first-order valence-corrected chi connectivity index (χ1v) is 15.0. The summed E-state index contributed by atoms with van der Waals surface area (Å²) in [5, 5.41) is 12.7. The Balaban J connectivity index is 1.37. The first-order valence-electron chi connectivity index (χ1n) is 15.0. The fourth-order valence-electron chi connectivity index (χ4n) is 5.64. The van der Waals surface area contributed by atoms with Crippen LogP contribution in [0.25, 0.3) is 11.3 Å². The van der Waals surface area contributed by atoms with Crippen molar-refractivity contribution >= 4 is 23.8 Å². The molecule has 0 bridgehead atoms. The first-order chi connectivity index (χ1) is 21.4. The standard InChI is InChI=1S/C32H38N6O6/c1-3-24-20-36(31(40)41)17-18-38(24)27-13-12-26(25-11-8-15-33-30(25)43-4-2)35-28(27)29(39)34-23-14-16-37(19-23)32(42)44-21-22-9-6-5-7-10-22/h5-13,15,23-24H,3-4,14,16-21H2,1-2H3,(H,34,39)(H,40,41)/t23-,24+/m1/s1. The van der Waals surface area contributed by atoms with Crippen molar-refractivity contribution in [1.29, 1.82) is 0 Å². The molecule has 2 atom stereocenters. The van der Waals surface area contributed by atoms with Gasteiger partial charge in [-0.3, -0.25) is 4.79 Å². The van der Waals surface area contributed by atoms with E-state index in [-0.39, 0.29) is 30.3 Å². The van der Waals surface area contributed by atoms with Gasteiger partial charge in [0, 0.05) is 51.0 Å². The smallest absolute Gasteiger partial charge is 0.410 e. The Labute approximate surface area is 256 Å². The predicted molar refractivity (Wildman–Crippen MR) is 164 cm³/mol. The molecule has 1 aromatic carbocycles. The summed E-state index contributed by atoms with van der Waals surface area (Å²) in [7, 11) is 0. The number of carbonyl (C=O) groups excluding carboxylic acids is 2. The summed E-state index contributed by atoms with van der Waals surface area (Å²) in [5.41, 5.74) is 2.94. The van der Waals surface area contributed by atoms with Gasteiger partial charge in [-0.25, -0.2) is 19.6 Å². The van der Waals surface area contributed by atoms with Gasteiger partial charge in [-0.05, 0) is 49.6 Å². The normalized spacial score (nSPS) is 18.2. The number of anilines is 1. The number of likely N-dealkylation sites (tertiary alicyclic amines) is 1. The maximum absolute atomic E-state index is 13.9. The van der Waals surface area contributed by atoms with Crippen molar-refractivity contribution in [2.24, 2.45) is 0 Å². The van der Waals surface area contributed by atoms with E-state index >= 15 is 0 Å². The minimum absolute atomic E-state index is 0.127. The molecule has 12 nitrogen and oxygen atoms in total. The average molecular weight is 603 g/mol. The largest absolute Gasteiger partial charge is 0.477 e. The number of nitrogens with zero attached hydrogens (tertiary/aromatic N) is 5. The topological polar surface area (TPSA) is 137 Å². The van der Waals surface area contributed by atoms with Gasteiger partial charge in [-0.2, -0.15) is 0 Å². The monoisotopic (exact) mass is 602 g/mol. The van der Waals surface area contributed by atoms with Gasteiger partial charge in [0.25, 0.3) is 5.91 Å². The highest BCUT2D eigenvalue weighted by Gasteiger charge is 2.33. The molecule has 3 amide bonds. The third kappa shape index (κ3) is 7.01. The molecule has 4 heterocycles. The number of amides is 3. The fourth-order valence-corrected chi connectivity index (χ4v) is 5.64. The summed E-state index contributed by atoms with van der Waals surface area (Å²) < 4.78 is 11.2. The number of ether oxygens (including phenoxy) is 2. The molecular formula is C32H38N6O6. The maximum atomic E-state index is 13.9. The zero-order chi connectivity index (χ0) is 31.1. The Morgan fingerprint density at radius 2 is 1.80 bits per heavy atom. The van der Waals surface area contributed by atoms with E-state index in [0.29, 0.717) is 75.0 Å². The summed E-state index contributed by atoms with van der Waals surface area (Å²) in [6, 6.07) is 16.4. The molecule has 2 aliphatic heterocycles. The molecule has 0 aliphatic carbocycles. The highest BCUT2D eigenvalue weighted by atomic mass is 16.6. The molecule has 0 saturated carbocycles. The second kappa shape index (κ2) is 14.1. The van der Waals surface area contributed by atoms with Gasteiger partial charge in [-0.1, -0.05) is 37.3 Å². The lowest BCUT2D eigenvalue weighted by molar-refractivity contribution is 0.0917. The quantitative estimate of drug-likeness (QED) is 0.368. The molecule has 12 heteroatoms. The number of rotatable bonds is 9.